The number of likely N-dealkylation sites (tertiary alicyclic amines) is 1. The van der Waals surface area contributed by atoms with Gasteiger partial charge in [0, 0.05) is 55.0 Å². The summed E-state index contributed by atoms with van der Waals surface area (Å²) in [5.74, 6) is -2.24. The van der Waals surface area contributed by atoms with Crippen molar-refractivity contribution in [2.45, 2.75) is 174 Å². The van der Waals surface area contributed by atoms with Crippen LogP contribution in [0.25, 0.3) is 0 Å². The number of carbonyl (C=O) groups excluding carboxylic acids is 7. The van der Waals surface area contributed by atoms with Crippen LogP contribution in [-0.4, -0.2) is 121 Å². The molecule has 17 nitrogen and oxygen atoms in total. The number of rotatable bonds is 18. The Hall–Kier alpha value is -6.95. The van der Waals surface area contributed by atoms with Gasteiger partial charge < -0.3 is 52.3 Å². The van der Waals surface area contributed by atoms with Crippen LogP contribution in [-0.2, 0) is 49.8 Å². The Bertz CT molecular complexity index is 2950. The lowest BCUT2D eigenvalue weighted by Crippen LogP contribution is -2.62. The van der Waals surface area contributed by atoms with Crippen LogP contribution in [0.2, 0.25) is 0 Å². The van der Waals surface area contributed by atoms with E-state index in [1.165, 1.54) is 11.1 Å². The number of anilines is 1. The normalized spacial score (nSPS) is 21.2. The van der Waals surface area contributed by atoms with Crippen LogP contribution in [0.5, 0.6) is 0 Å². The molecule has 2 heterocycles. The molecule has 4 aromatic rings. The first kappa shape index (κ1) is 60.2. The van der Waals surface area contributed by atoms with E-state index in [1.807, 2.05) is 98.8 Å². The molecule has 434 valence electrons. The Morgan fingerprint density at radius 3 is 1.73 bits per heavy atom. The molecule has 0 radical (unpaired) electrons. The minimum Gasteiger partial charge on any atom is -0.347 e. The average Bonchev–Trinajstić information content (AvgIpc) is 4.13. The molecule has 2 aliphatic heterocycles. The Labute approximate surface area is 478 Å². The summed E-state index contributed by atoms with van der Waals surface area (Å²) in [6.45, 7) is 16.3. The Balaban J connectivity index is 0.970. The fourth-order valence-electron chi connectivity index (χ4n) is 12.1. The molecular weight excluding hydrogens is 1020 g/mol. The van der Waals surface area contributed by atoms with Crippen LogP contribution in [0, 0.1) is 10.8 Å². The summed E-state index contributed by atoms with van der Waals surface area (Å²) in [4.78, 5) is 103. The van der Waals surface area contributed by atoms with Crippen molar-refractivity contribution in [2.75, 3.05) is 32.5 Å². The maximum atomic E-state index is 15.0. The van der Waals surface area contributed by atoms with Crippen LogP contribution in [0.1, 0.15) is 160 Å². The van der Waals surface area contributed by atoms with Crippen LogP contribution in [0.3, 0.4) is 0 Å². The van der Waals surface area contributed by atoms with Gasteiger partial charge in [-0.15, -0.1) is 0 Å². The highest BCUT2D eigenvalue weighted by molar-refractivity contribution is 6.05. The van der Waals surface area contributed by atoms with Crippen molar-refractivity contribution in [3.63, 3.8) is 0 Å². The lowest BCUT2D eigenvalue weighted by atomic mass is 9.83. The van der Waals surface area contributed by atoms with Crippen LogP contribution in [0.4, 0.5) is 5.69 Å². The van der Waals surface area contributed by atoms with E-state index in [0.29, 0.717) is 29.8 Å². The molecule has 0 saturated carbocycles. The Kier molecular flexibility index (Phi) is 19.2. The molecule has 9 atom stereocenters. The van der Waals surface area contributed by atoms with Crippen LogP contribution >= 0.6 is 0 Å². The fourth-order valence-corrected chi connectivity index (χ4v) is 12.1. The first-order chi connectivity index (χ1) is 38.6. The number of nitrogens with one attached hydrogen (secondary N) is 8. The summed E-state index contributed by atoms with van der Waals surface area (Å²) >= 11 is 0. The molecule has 4 aliphatic rings. The van der Waals surface area contributed by atoms with Crippen molar-refractivity contribution in [3.8, 4) is 0 Å². The second-order valence-electron chi connectivity index (χ2n) is 24.9. The molecule has 8 rings (SSSR count). The second-order valence-corrected chi connectivity index (χ2v) is 24.9. The summed E-state index contributed by atoms with van der Waals surface area (Å²) < 4.78 is 0. The third-order valence-electron chi connectivity index (χ3n) is 16.9. The van der Waals surface area contributed by atoms with Gasteiger partial charge in [-0.25, -0.2) is 0 Å². The molecule has 81 heavy (non-hydrogen) atoms. The lowest BCUT2D eigenvalue weighted by Gasteiger charge is -2.42. The molecule has 0 spiro atoms. The highest BCUT2D eigenvalue weighted by Crippen LogP contribution is 2.35. The predicted molar refractivity (Wildman–Crippen MR) is 315 cm³/mol. The number of nitrogens with zero attached hydrogens (tertiary/aromatic N) is 2. The van der Waals surface area contributed by atoms with E-state index in [0.717, 1.165) is 60.8 Å². The van der Waals surface area contributed by atoms with E-state index in [4.69, 9.17) is 0 Å². The van der Waals surface area contributed by atoms with Crippen LogP contribution < -0.4 is 42.5 Å². The largest absolute Gasteiger partial charge is 0.347 e. The number of amides is 7. The van der Waals surface area contributed by atoms with Gasteiger partial charge in [-0.1, -0.05) is 103 Å². The van der Waals surface area contributed by atoms with Crippen molar-refractivity contribution >= 4 is 47.0 Å². The van der Waals surface area contributed by atoms with Gasteiger partial charge in [-0.2, -0.15) is 0 Å². The van der Waals surface area contributed by atoms with Gasteiger partial charge in [0.2, 0.25) is 29.5 Å². The first-order valence-electron chi connectivity index (χ1n) is 29.2. The Morgan fingerprint density at radius 2 is 1.17 bits per heavy atom. The quantitative estimate of drug-likeness (QED) is 0.0546. The SMILES string of the molecule is CCC(NC)C(=O)NC(C(=O)N1Cc2cc(NC(=O)c3ccc(C(=O)NC4CC(C(=O)NC5CCCc6ccccc65)N(C(=O)C(NCC(C)NC)C(C)(C)C)C4)cc3)ccc2CC1C(=O)NC1CCCc2ccccc21)C(C)(C)C. The van der Waals surface area contributed by atoms with E-state index in [1.54, 1.807) is 47.2 Å². The zero-order chi connectivity index (χ0) is 58.3. The molecule has 0 aromatic heterocycles. The molecule has 4 aromatic carbocycles. The van der Waals surface area contributed by atoms with Gasteiger partial charge in [-0.05, 0) is 153 Å². The third-order valence-corrected chi connectivity index (χ3v) is 16.9. The number of fused-ring (bicyclic) bond motifs is 3. The van der Waals surface area contributed by atoms with Crippen molar-refractivity contribution in [3.05, 3.63) is 136 Å². The van der Waals surface area contributed by atoms with Gasteiger partial charge in [-0.3, -0.25) is 33.6 Å². The number of likely N-dealkylation sites (N-methyl/N-ethyl adjacent to an activating group) is 2. The summed E-state index contributed by atoms with van der Waals surface area (Å²) in [6.07, 6.45) is 6.26. The molecular formula is C64H86N10O7. The minimum atomic E-state index is -0.954. The molecule has 2 aliphatic carbocycles. The van der Waals surface area contributed by atoms with Crippen molar-refractivity contribution < 1.29 is 33.6 Å². The highest BCUT2D eigenvalue weighted by Gasteiger charge is 2.46. The minimum absolute atomic E-state index is 0.0596. The summed E-state index contributed by atoms with van der Waals surface area (Å²) in [7, 11) is 3.58. The zero-order valence-electron chi connectivity index (χ0n) is 49.1. The number of carbonyl (C=O) groups is 7. The average molecular weight is 1110 g/mol. The third kappa shape index (κ3) is 14.2. The maximum Gasteiger partial charge on any atom is 0.255 e. The van der Waals surface area contributed by atoms with E-state index < -0.39 is 58.9 Å². The maximum absolute atomic E-state index is 15.0. The molecule has 0 bridgehead atoms. The lowest BCUT2D eigenvalue weighted by molar-refractivity contribution is -0.147. The predicted octanol–water partition coefficient (Wildman–Crippen LogP) is 6.42. The molecule has 1 saturated heterocycles. The summed E-state index contributed by atoms with van der Waals surface area (Å²) in [5, 5.41) is 25.4. The topological polar surface area (TPSA) is 222 Å². The smallest absolute Gasteiger partial charge is 0.255 e. The van der Waals surface area contributed by atoms with Gasteiger partial charge in [0.25, 0.3) is 11.8 Å². The monoisotopic (exact) mass is 1110 g/mol. The van der Waals surface area contributed by atoms with E-state index in [2.05, 4.69) is 66.8 Å². The van der Waals surface area contributed by atoms with E-state index in [9.17, 15) is 33.6 Å². The van der Waals surface area contributed by atoms with Gasteiger partial charge >= 0.3 is 0 Å². The van der Waals surface area contributed by atoms with E-state index >= 15 is 0 Å². The number of hydrogen-bond acceptors (Lipinski definition) is 10. The summed E-state index contributed by atoms with van der Waals surface area (Å²) in [6, 6.07) is 23.5. The standard InChI is InChI=1S/C64H86N10O7/c1-11-49(66-10)58(77)72-55(64(6,7)8)62(81)73-36-44-32-45(31-30-43(44)33-52(73)59(78)70-50-24-16-20-39-18-12-14-22-47(39)50)68-56(75)41-26-28-42(29-27-41)57(76)69-46-34-53(60(79)71-51-25-17-21-40-19-13-15-23-48(40)51)74(37-46)61(80)54(63(3,4)5)67-35-38(2)65-9/h12-15,18-19,22-23,26-32,38,46,49-55,65-67H,11,16-17,20-21,24-25,33-37H2,1-10H3,(H,68,75)(H,69,76)(H,70,78)(H,71,79)(H,72,77). The fraction of sp³-hybridized carbons (Fsp3) is 0.516. The molecule has 7 amide bonds. The molecule has 9 unspecified atom stereocenters. The Morgan fingerprint density at radius 1 is 0.617 bits per heavy atom. The highest BCUT2D eigenvalue weighted by atomic mass is 16.2. The van der Waals surface area contributed by atoms with Crippen molar-refractivity contribution in [1.29, 1.82) is 0 Å². The number of hydrogen-bond donors (Lipinski definition) is 8. The summed E-state index contributed by atoms with van der Waals surface area (Å²) in [5.41, 5.74) is 6.06. The molecule has 8 N–H and O–H groups in total. The number of benzene rings is 4. The van der Waals surface area contributed by atoms with Crippen molar-refractivity contribution in [1.82, 2.24) is 47.0 Å². The van der Waals surface area contributed by atoms with Crippen LogP contribution in [0.15, 0.2) is 91.0 Å². The van der Waals surface area contributed by atoms with Gasteiger partial charge in [0.15, 0.2) is 0 Å². The zero-order valence-corrected chi connectivity index (χ0v) is 49.1. The van der Waals surface area contributed by atoms with Gasteiger partial charge in [0.05, 0.1) is 24.2 Å². The second kappa shape index (κ2) is 25.9. The first-order valence-corrected chi connectivity index (χ1v) is 29.2. The molecule has 17 heteroatoms. The number of aryl methyl sites for hydroxylation is 2. The van der Waals surface area contributed by atoms with Crippen molar-refractivity contribution in [2.24, 2.45) is 10.8 Å². The van der Waals surface area contributed by atoms with Gasteiger partial charge in [0.1, 0.15) is 18.1 Å². The van der Waals surface area contributed by atoms with E-state index in [-0.39, 0.29) is 73.6 Å². The molecule has 1 fully saturated rings.